The van der Waals surface area contributed by atoms with Crippen LogP contribution in [-0.2, 0) is 20.1 Å². The minimum Gasteiger partial charge on any atom is -0.512 e. The van der Waals surface area contributed by atoms with E-state index in [1.807, 2.05) is 12.1 Å². The van der Waals surface area contributed by atoms with Crippen molar-refractivity contribution in [1.29, 1.82) is 0 Å². The first-order chi connectivity index (χ1) is 16.0. The fourth-order valence-corrected chi connectivity index (χ4v) is 3.76. The Bertz CT molecular complexity index is 1460. The molecule has 4 heteroatoms. The summed E-state index contributed by atoms with van der Waals surface area (Å²) in [5.41, 5.74) is 5.36. The summed E-state index contributed by atoms with van der Waals surface area (Å²) in [5.74, 6) is 0.250. The van der Waals surface area contributed by atoms with Crippen molar-refractivity contribution in [2.45, 2.75) is 13.8 Å². The number of aromatic nitrogens is 1. The number of aliphatic hydroxyl groups is 1. The predicted octanol–water partition coefficient (Wildman–Crippen LogP) is 7.53. The van der Waals surface area contributed by atoms with Gasteiger partial charge in [0.2, 0.25) is 0 Å². The van der Waals surface area contributed by atoms with Crippen molar-refractivity contribution in [3.63, 3.8) is 0 Å². The molecule has 1 aromatic heterocycles. The number of aliphatic hydroxyl groups excluding tert-OH is 1. The van der Waals surface area contributed by atoms with Gasteiger partial charge in [-0.3, -0.25) is 9.78 Å². The zero-order chi connectivity index (χ0) is 23.2. The largest absolute Gasteiger partial charge is 0.512 e. The molecule has 1 radical (unpaired) electrons. The van der Waals surface area contributed by atoms with Crippen molar-refractivity contribution >= 4 is 27.5 Å². The van der Waals surface area contributed by atoms with Crippen LogP contribution in [0.1, 0.15) is 13.8 Å². The summed E-state index contributed by atoms with van der Waals surface area (Å²) < 4.78 is 0. The molecule has 5 rings (SSSR count). The Morgan fingerprint density at radius 1 is 0.824 bits per heavy atom. The van der Waals surface area contributed by atoms with Crippen LogP contribution in [0.3, 0.4) is 0 Å². The van der Waals surface area contributed by atoms with E-state index in [1.54, 1.807) is 0 Å². The number of allylic oxidation sites excluding steroid dienone is 2. The van der Waals surface area contributed by atoms with E-state index in [1.165, 1.54) is 47.2 Å². The van der Waals surface area contributed by atoms with E-state index in [4.69, 9.17) is 14.9 Å². The number of carbonyl (C=O) groups excluding carboxylic acids is 1. The second-order valence-electron chi connectivity index (χ2n) is 7.83. The van der Waals surface area contributed by atoms with Gasteiger partial charge in [-0.25, -0.2) is 0 Å². The first kappa shape index (κ1) is 25.0. The van der Waals surface area contributed by atoms with Gasteiger partial charge in [-0.2, -0.15) is 0 Å². The molecule has 0 spiro atoms. The van der Waals surface area contributed by atoms with E-state index in [-0.39, 0.29) is 31.6 Å². The molecule has 0 aliphatic rings. The number of pyridine rings is 1. The van der Waals surface area contributed by atoms with E-state index in [9.17, 15) is 0 Å². The van der Waals surface area contributed by atoms with Gasteiger partial charge in [0.05, 0.1) is 24.3 Å². The fraction of sp³-hybridized carbons (Fsp3) is 0.0667. The molecule has 0 aliphatic heterocycles. The summed E-state index contributed by atoms with van der Waals surface area (Å²) in [4.78, 5) is 13.3. The van der Waals surface area contributed by atoms with Crippen LogP contribution in [-0.4, -0.2) is 20.7 Å². The van der Waals surface area contributed by atoms with Gasteiger partial charge >= 0.3 is 5.78 Å². The number of fused-ring (bicyclic) bond motifs is 3. The molecule has 1 heterocycles. The molecule has 0 atom stereocenters. The zero-order valence-corrected chi connectivity index (χ0v) is 21.4. The Hall–Kier alpha value is -3.59. The second-order valence-corrected chi connectivity index (χ2v) is 7.83. The molecule has 34 heavy (non-hydrogen) atoms. The number of nitrogens with zero attached hydrogens (tertiary/aromatic N) is 1. The molecule has 0 unspecified atom stereocenters. The summed E-state index contributed by atoms with van der Waals surface area (Å²) >= 11 is 0. The third-order valence-corrected chi connectivity index (χ3v) is 5.20. The van der Waals surface area contributed by atoms with Crippen molar-refractivity contribution in [1.82, 2.24) is 4.98 Å². The van der Waals surface area contributed by atoms with Crippen LogP contribution in [0.15, 0.2) is 109 Å². The number of hydrogen-bond acceptors (Lipinski definition) is 2. The minimum absolute atomic E-state index is 0. The van der Waals surface area contributed by atoms with Crippen LogP contribution in [0.5, 0.6) is 0 Å². The van der Waals surface area contributed by atoms with Crippen LogP contribution < -0.4 is 0 Å². The zero-order valence-electron chi connectivity index (χ0n) is 19.0. The SMILES string of the molecule is CC(=[OH+])/C=C(/C)O.[Ir].[c-]1ccc(-c2ccccc2)cc1-c1ccc2c(ccc3ccccc32)n1. The Labute approximate surface area is 213 Å². The summed E-state index contributed by atoms with van der Waals surface area (Å²) in [5, 5.41) is 12.1. The molecule has 0 amide bonds. The summed E-state index contributed by atoms with van der Waals surface area (Å²) in [6, 6.07) is 36.9. The minimum atomic E-state index is 0. The maximum Gasteiger partial charge on any atom is 0.316 e. The first-order valence-electron chi connectivity index (χ1n) is 10.8. The Morgan fingerprint density at radius 3 is 2.26 bits per heavy atom. The quantitative estimate of drug-likeness (QED) is 0.0743. The third kappa shape index (κ3) is 6.05. The molecule has 2 N–H and O–H groups in total. The van der Waals surface area contributed by atoms with Crippen LogP contribution >= 0.6 is 0 Å². The first-order valence-corrected chi connectivity index (χ1v) is 10.8. The number of benzene rings is 4. The fourth-order valence-electron chi connectivity index (χ4n) is 3.76. The summed E-state index contributed by atoms with van der Waals surface area (Å²) in [6.45, 7) is 3.00. The predicted molar refractivity (Wildman–Crippen MR) is 138 cm³/mol. The molecule has 0 fully saturated rings. The van der Waals surface area contributed by atoms with Crippen LogP contribution in [0.2, 0.25) is 0 Å². The van der Waals surface area contributed by atoms with Crippen LogP contribution in [0, 0.1) is 6.07 Å². The molecular formula is C30H25IrNO2. The maximum absolute atomic E-state index is 8.40. The maximum atomic E-state index is 8.40. The molecular weight excluding hydrogens is 599 g/mol. The standard InChI is InChI=1S/C25H16N.C5H8O2.Ir/c1-2-7-18(8-3-1)20-10-6-11-21(17-20)24-16-14-23-22-12-5-4-9-19(22)13-15-25(23)26-24;1-4(6)3-5(2)7;/h1-10,12-17H;3,6H,1-2H3;/q-1;;/p+1/b;4-3-;. The molecule has 0 bridgehead atoms. The van der Waals surface area contributed by atoms with Gasteiger partial charge in [-0.1, -0.05) is 72.8 Å². The van der Waals surface area contributed by atoms with Gasteiger partial charge in [0.15, 0.2) is 0 Å². The molecule has 3 nitrogen and oxygen atoms in total. The van der Waals surface area contributed by atoms with Crippen LogP contribution in [0.4, 0.5) is 0 Å². The summed E-state index contributed by atoms with van der Waals surface area (Å²) in [6.07, 6.45) is 1.28. The van der Waals surface area contributed by atoms with Gasteiger partial charge in [-0.15, -0.1) is 35.4 Å². The normalized spacial score (nSPS) is 10.8. The average molecular weight is 624 g/mol. The van der Waals surface area contributed by atoms with Crippen molar-refractivity contribution < 1.29 is 30.0 Å². The molecule has 4 aromatic carbocycles. The van der Waals surface area contributed by atoms with E-state index in [2.05, 4.69) is 91.0 Å². The number of hydrogen-bond donors (Lipinski definition) is 1. The van der Waals surface area contributed by atoms with E-state index >= 15 is 0 Å². The van der Waals surface area contributed by atoms with Gasteiger partial charge in [0.1, 0.15) is 0 Å². The van der Waals surface area contributed by atoms with Crippen molar-refractivity contribution in [3.8, 4) is 22.4 Å². The van der Waals surface area contributed by atoms with Gasteiger partial charge in [-0.05, 0) is 35.0 Å². The molecule has 171 valence electrons. The van der Waals surface area contributed by atoms with Crippen molar-refractivity contribution in [2.24, 2.45) is 0 Å². The monoisotopic (exact) mass is 624 g/mol. The van der Waals surface area contributed by atoms with Crippen molar-refractivity contribution in [3.05, 3.63) is 115 Å². The smallest absolute Gasteiger partial charge is 0.316 e. The summed E-state index contributed by atoms with van der Waals surface area (Å²) in [7, 11) is 0. The Kier molecular flexibility index (Phi) is 8.48. The van der Waals surface area contributed by atoms with Crippen LogP contribution in [0.25, 0.3) is 44.1 Å². The van der Waals surface area contributed by atoms with Crippen molar-refractivity contribution in [2.75, 3.05) is 0 Å². The molecule has 0 aliphatic carbocycles. The molecule has 0 saturated heterocycles. The second kappa shape index (κ2) is 11.5. The third-order valence-electron chi connectivity index (χ3n) is 5.20. The topological polar surface area (TPSA) is 54.5 Å². The average Bonchev–Trinajstić information content (AvgIpc) is 2.84. The van der Waals surface area contributed by atoms with E-state index in [0.29, 0.717) is 0 Å². The molecule has 5 aromatic rings. The van der Waals surface area contributed by atoms with Gasteiger partial charge < -0.3 is 5.11 Å². The van der Waals surface area contributed by atoms with E-state index < -0.39 is 0 Å². The Balaban J connectivity index is 0.000000357. The number of ketones is 1. The molecule has 0 saturated carbocycles. The number of rotatable bonds is 3. The van der Waals surface area contributed by atoms with Gasteiger partial charge in [0, 0.05) is 25.5 Å². The van der Waals surface area contributed by atoms with E-state index in [0.717, 1.165) is 16.8 Å². The van der Waals surface area contributed by atoms with Gasteiger partial charge in [0.25, 0.3) is 0 Å². The Morgan fingerprint density at radius 2 is 1.56 bits per heavy atom.